The molecule has 0 unspecified atom stereocenters. The van der Waals surface area contributed by atoms with Crippen molar-refractivity contribution in [2.75, 3.05) is 6.54 Å². The first-order valence-corrected chi connectivity index (χ1v) is 6.45. The molecule has 0 saturated heterocycles. The normalized spacial score (nSPS) is 11.3. The summed E-state index contributed by atoms with van der Waals surface area (Å²) in [6.45, 7) is 3.01. The molecule has 21 heavy (non-hydrogen) atoms. The summed E-state index contributed by atoms with van der Waals surface area (Å²) in [5.74, 6) is -1.47. The number of aliphatic carboxylic acids is 1. The van der Waals surface area contributed by atoms with Crippen LogP contribution in [0.2, 0.25) is 0 Å². The predicted molar refractivity (Wildman–Crippen MR) is 78.3 cm³/mol. The highest BCUT2D eigenvalue weighted by molar-refractivity contribution is 6.06. The lowest BCUT2D eigenvalue weighted by Gasteiger charge is -2.19. The summed E-state index contributed by atoms with van der Waals surface area (Å²) in [5.41, 5.74) is -0.660. The van der Waals surface area contributed by atoms with Gasteiger partial charge in [-0.25, -0.2) is 0 Å². The number of fused-ring (bicyclic) bond motifs is 1. The second kappa shape index (κ2) is 5.40. The van der Waals surface area contributed by atoms with E-state index >= 15 is 0 Å². The van der Waals surface area contributed by atoms with E-state index in [0.717, 1.165) is 0 Å². The smallest absolute Gasteiger partial charge is 0.310 e. The molecule has 6 nitrogen and oxygen atoms in total. The van der Waals surface area contributed by atoms with E-state index in [-0.39, 0.29) is 17.7 Å². The van der Waals surface area contributed by atoms with Gasteiger partial charge < -0.3 is 15.4 Å². The minimum atomic E-state index is -1.08. The summed E-state index contributed by atoms with van der Waals surface area (Å²) >= 11 is 0. The number of carboxylic acid groups (broad SMARTS) is 1. The third-order valence-electron chi connectivity index (χ3n) is 3.27. The predicted octanol–water partition coefficient (Wildman–Crippen LogP) is 1.37. The first-order chi connectivity index (χ1) is 9.81. The highest BCUT2D eigenvalue weighted by Crippen LogP contribution is 2.16. The summed E-state index contributed by atoms with van der Waals surface area (Å²) in [6.07, 6.45) is 0. The molecule has 0 aliphatic rings. The fourth-order valence-corrected chi connectivity index (χ4v) is 1.86. The molecule has 0 aliphatic carbocycles. The van der Waals surface area contributed by atoms with E-state index in [1.807, 2.05) is 0 Å². The van der Waals surface area contributed by atoms with Gasteiger partial charge in [-0.1, -0.05) is 18.2 Å². The minimum absolute atomic E-state index is 0.0255. The van der Waals surface area contributed by atoms with Gasteiger partial charge in [-0.05, 0) is 19.9 Å². The minimum Gasteiger partial charge on any atom is -0.481 e. The molecule has 1 aromatic carbocycles. The number of aromatic amines is 1. The van der Waals surface area contributed by atoms with Gasteiger partial charge in [0.1, 0.15) is 0 Å². The zero-order chi connectivity index (χ0) is 15.6. The van der Waals surface area contributed by atoms with Crippen LogP contribution in [0, 0.1) is 5.41 Å². The summed E-state index contributed by atoms with van der Waals surface area (Å²) in [5, 5.41) is 12.2. The van der Waals surface area contributed by atoms with Crippen LogP contribution in [0.1, 0.15) is 24.2 Å². The maximum Gasteiger partial charge on any atom is 0.310 e. The highest BCUT2D eigenvalue weighted by atomic mass is 16.4. The Morgan fingerprint density at radius 1 is 1.29 bits per heavy atom. The zero-order valence-electron chi connectivity index (χ0n) is 11.8. The maximum absolute atomic E-state index is 12.2. The van der Waals surface area contributed by atoms with Crippen molar-refractivity contribution < 1.29 is 14.7 Å². The molecule has 1 aromatic heterocycles. The monoisotopic (exact) mass is 288 g/mol. The van der Waals surface area contributed by atoms with Crippen molar-refractivity contribution in [3.05, 3.63) is 46.2 Å². The Hall–Kier alpha value is -2.63. The van der Waals surface area contributed by atoms with Crippen LogP contribution >= 0.6 is 0 Å². The molecule has 1 amide bonds. The van der Waals surface area contributed by atoms with Gasteiger partial charge in [0.2, 0.25) is 5.56 Å². The first-order valence-electron chi connectivity index (χ1n) is 6.45. The molecule has 0 atom stereocenters. The number of para-hydroxylation sites is 1. The van der Waals surface area contributed by atoms with Gasteiger partial charge >= 0.3 is 5.97 Å². The van der Waals surface area contributed by atoms with Crippen molar-refractivity contribution in [3.8, 4) is 0 Å². The molecule has 0 bridgehead atoms. The maximum atomic E-state index is 12.2. The molecular weight excluding hydrogens is 272 g/mol. The van der Waals surface area contributed by atoms with Crippen LogP contribution in [-0.4, -0.2) is 28.5 Å². The van der Waals surface area contributed by atoms with Crippen molar-refractivity contribution >= 4 is 22.8 Å². The summed E-state index contributed by atoms with van der Waals surface area (Å²) in [6, 6.07) is 8.16. The lowest BCUT2D eigenvalue weighted by atomic mass is 9.94. The molecule has 0 aliphatic heterocycles. The molecule has 0 spiro atoms. The number of aromatic nitrogens is 1. The van der Waals surface area contributed by atoms with Gasteiger partial charge in [-0.2, -0.15) is 0 Å². The van der Waals surface area contributed by atoms with E-state index in [4.69, 9.17) is 5.11 Å². The Morgan fingerprint density at radius 2 is 1.95 bits per heavy atom. The van der Waals surface area contributed by atoms with E-state index in [1.54, 1.807) is 24.3 Å². The number of pyridine rings is 1. The van der Waals surface area contributed by atoms with Crippen LogP contribution < -0.4 is 10.9 Å². The third kappa shape index (κ3) is 3.10. The third-order valence-corrected chi connectivity index (χ3v) is 3.27. The van der Waals surface area contributed by atoms with Gasteiger partial charge in [0.25, 0.3) is 5.91 Å². The van der Waals surface area contributed by atoms with Crippen molar-refractivity contribution in [3.63, 3.8) is 0 Å². The van der Waals surface area contributed by atoms with Gasteiger partial charge in [-0.3, -0.25) is 14.4 Å². The SMILES string of the molecule is CC(C)(CNC(=O)c1cc(=O)[nH]c2ccccc12)C(=O)O. The Labute approximate surface area is 120 Å². The number of rotatable bonds is 4. The van der Waals surface area contributed by atoms with Gasteiger partial charge in [-0.15, -0.1) is 0 Å². The average molecular weight is 288 g/mol. The van der Waals surface area contributed by atoms with Crippen LogP contribution in [0.25, 0.3) is 10.9 Å². The van der Waals surface area contributed by atoms with Crippen LogP contribution in [-0.2, 0) is 4.79 Å². The van der Waals surface area contributed by atoms with Crippen LogP contribution in [0.3, 0.4) is 0 Å². The fourth-order valence-electron chi connectivity index (χ4n) is 1.86. The fraction of sp³-hybridized carbons (Fsp3) is 0.267. The molecule has 0 saturated carbocycles. The Bertz CT molecular complexity index is 762. The standard InChI is InChI=1S/C15H16N2O4/c1-15(2,14(20)21)8-16-13(19)10-7-12(18)17-11-6-4-3-5-9(10)11/h3-7H,8H2,1-2H3,(H,16,19)(H,17,18)(H,20,21). The number of hydrogen-bond acceptors (Lipinski definition) is 3. The molecule has 0 fully saturated rings. The van der Waals surface area contributed by atoms with Crippen molar-refractivity contribution in [2.45, 2.75) is 13.8 Å². The molecule has 2 rings (SSSR count). The Kier molecular flexibility index (Phi) is 3.80. The molecule has 0 radical (unpaired) electrons. The highest BCUT2D eigenvalue weighted by Gasteiger charge is 2.28. The number of carbonyl (C=O) groups is 2. The van der Waals surface area contributed by atoms with Crippen LogP contribution in [0.4, 0.5) is 0 Å². The molecular formula is C15H16N2O4. The Morgan fingerprint density at radius 3 is 2.62 bits per heavy atom. The number of amides is 1. The number of hydrogen-bond donors (Lipinski definition) is 3. The van der Waals surface area contributed by atoms with Crippen molar-refractivity contribution in [1.29, 1.82) is 0 Å². The first kappa shape index (κ1) is 14.8. The van der Waals surface area contributed by atoms with E-state index < -0.39 is 17.3 Å². The topological polar surface area (TPSA) is 99.3 Å². The number of carboxylic acids is 1. The molecule has 6 heteroatoms. The summed E-state index contributed by atoms with van der Waals surface area (Å²) < 4.78 is 0. The lowest BCUT2D eigenvalue weighted by Crippen LogP contribution is -2.39. The molecule has 2 aromatic rings. The number of benzene rings is 1. The summed E-state index contributed by atoms with van der Waals surface area (Å²) in [7, 11) is 0. The number of H-pyrrole nitrogens is 1. The second-order valence-electron chi connectivity index (χ2n) is 5.46. The molecule has 1 heterocycles. The quantitative estimate of drug-likeness (QED) is 0.791. The van der Waals surface area contributed by atoms with E-state index in [9.17, 15) is 14.4 Å². The largest absolute Gasteiger partial charge is 0.481 e. The van der Waals surface area contributed by atoms with E-state index in [0.29, 0.717) is 10.9 Å². The summed E-state index contributed by atoms with van der Waals surface area (Å²) in [4.78, 5) is 37.5. The van der Waals surface area contributed by atoms with E-state index in [2.05, 4.69) is 10.3 Å². The van der Waals surface area contributed by atoms with Gasteiger partial charge in [0.15, 0.2) is 0 Å². The second-order valence-corrected chi connectivity index (χ2v) is 5.46. The molecule has 110 valence electrons. The van der Waals surface area contributed by atoms with Gasteiger partial charge in [0.05, 0.1) is 11.0 Å². The van der Waals surface area contributed by atoms with Crippen molar-refractivity contribution in [2.24, 2.45) is 5.41 Å². The molecule has 3 N–H and O–H groups in total. The van der Waals surface area contributed by atoms with E-state index in [1.165, 1.54) is 19.9 Å². The average Bonchev–Trinajstić information content (AvgIpc) is 2.43. The Balaban J connectivity index is 2.32. The number of carbonyl (C=O) groups excluding carboxylic acids is 1. The number of nitrogens with one attached hydrogen (secondary N) is 2. The lowest BCUT2D eigenvalue weighted by molar-refractivity contribution is -0.146. The van der Waals surface area contributed by atoms with Crippen LogP contribution in [0.15, 0.2) is 35.1 Å². The zero-order valence-corrected chi connectivity index (χ0v) is 11.8. The van der Waals surface area contributed by atoms with Crippen LogP contribution in [0.5, 0.6) is 0 Å². The van der Waals surface area contributed by atoms with Gasteiger partial charge in [0, 0.05) is 23.5 Å². The van der Waals surface area contributed by atoms with Crippen molar-refractivity contribution in [1.82, 2.24) is 10.3 Å².